The third-order valence-corrected chi connectivity index (χ3v) is 4.21. The van der Waals surface area contributed by atoms with Crippen LogP contribution in [0.3, 0.4) is 0 Å². The van der Waals surface area contributed by atoms with E-state index in [0.717, 1.165) is 6.54 Å². The summed E-state index contributed by atoms with van der Waals surface area (Å²) in [6, 6.07) is 2.39. The van der Waals surface area contributed by atoms with Crippen LogP contribution in [0.5, 0.6) is 0 Å². The van der Waals surface area contributed by atoms with E-state index in [2.05, 4.69) is 49.8 Å². The van der Waals surface area contributed by atoms with E-state index >= 15 is 0 Å². The van der Waals surface area contributed by atoms with Gasteiger partial charge in [0.05, 0.1) is 6.20 Å². The maximum absolute atomic E-state index is 3.93. The lowest BCUT2D eigenvalue weighted by Crippen LogP contribution is -2.17. The molecule has 15 heavy (non-hydrogen) atoms. The minimum absolute atomic E-state index is 0.317. The van der Waals surface area contributed by atoms with Crippen molar-refractivity contribution < 1.29 is 0 Å². The Morgan fingerprint density at radius 2 is 2.53 bits per heavy atom. The van der Waals surface area contributed by atoms with Crippen molar-refractivity contribution in [3.8, 4) is 0 Å². The zero-order valence-electron chi connectivity index (χ0n) is 8.33. The SMILES string of the molecule is CC(NCc1sccc1Br)c1cn[nH]c1. The van der Waals surface area contributed by atoms with Crippen molar-refractivity contribution in [3.63, 3.8) is 0 Å². The zero-order valence-corrected chi connectivity index (χ0v) is 10.7. The van der Waals surface area contributed by atoms with Gasteiger partial charge in [-0.05, 0) is 34.3 Å². The van der Waals surface area contributed by atoms with E-state index in [4.69, 9.17) is 0 Å². The van der Waals surface area contributed by atoms with Crippen LogP contribution in [0.4, 0.5) is 0 Å². The third-order valence-electron chi connectivity index (χ3n) is 2.28. The van der Waals surface area contributed by atoms with Crippen molar-refractivity contribution in [2.24, 2.45) is 0 Å². The molecule has 2 heterocycles. The van der Waals surface area contributed by atoms with Gasteiger partial charge in [-0.15, -0.1) is 11.3 Å². The van der Waals surface area contributed by atoms with Gasteiger partial charge in [-0.1, -0.05) is 0 Å². The second-order valence-electron chi connectivity index (χ2n) is 3.33. The molecule has 3 nitrogen and oxygen atoms in total. The van der Waals surface area contributed by atoms with Gasteiger partial charge < -0.3 is 5.32 Å². The fourth-order valence-corrected chi connectivity index (χ4v) is 2.76. The molecule has 0 spiro atoms. The maximum atomic E-state index is 3.93. The first kappa shape index (κ1) is 10.9. The highest BCUT2D eigenvalue weighted by atomic mass is 79.9. The van der Waals surface area contributed by atoms with Crippen molar-refractivity contribution in [2.45, 2.75) is 19.5 Å². The van der Waals surface area contributed by atoms with Gasteiger partial charge in [-0.25, -0.2) is 0 Å². The Hall–Kier alpha value is -0.650. The summed E-state index contributed by atoms with van der Waals surface area (Å²) in [5.74, 6) is 0. The third kappa shape index (κ3) is 2.68. The average Bonchev–Trinajstić information content (AvgIpc) is 2.85. The molecule has 5 heteroatoms. The molecular formula is C10H12BrN3S. The normalized spacial score (nSPS) is 12.9. The molecule has 0 amide bonds. The number of aromatic nitrogens is 2. The number of thiophene rings is 1. The predicted molar refractivity (Wildman–Crippen MR) is 65.9 cm³/mol. The number of hydrogen-bond donors (Lipinski definition) is 2. The Kier molecular flexibility index (Phi) is 3.56. The quantitative estimate of drug-likeness (QED) is 0.906. The molecule has 80 valence electrons. The van der Waals surface area contributed by atoms with Crippen molar-refractivity contribution in [2.75, 3.05) is 0 Å². The molecule has 2 aromatic heterocycles. The van der Waals surface area contributed by atoms with Crippen LogP contribution in [0.15, 0.2) is 28.3 Å². The summed E-state index contributed by atoms with van der Waals surface area (Å²) in [4.78, 5) is 1.32. The highest BCUT2D eigenvalue weighted by Gasteiger charge is 2.07. The van der Waals surface area contributed by atoms with E-state index in [9.17, 15) is 0 Å². The van der Waals surface area contributed by atoms with Gasteiger partial charge in [-0.2, -0.15) is 5.10 Å². The van der Waals surface area contributed by atoms with Crippen molar-refractivity contribution in [1.29, 1.82) is 0 Å². The van der Waals surface area contributed by atoms with Crippen molar-refractivity contribution in [3.05, 3.63) is 38.8 Å². The van der Waals surface area contributed by atoms with Gasteiger partial charge in [0.25, 0.3) is 0 Å². The van der Waals surface area contributed by atoms with Gasteiger partial charge in [0.15, 0.2) is 0 Å². The highest BCUT2D eigenvalue weighted by Crippen LogP contribution is 2.23. The maximum Gasteiger partial charge on any atom is 0.0534 e. The largest absolute Gasteiger partial charge is 0.305 e. The molecule has 2 aromatic rings. The first-order valence-corrected chi connectivity index (χ1v) is 6.38. The molecule has 0 aliphatic carbocycles. The summed E-state index contributed by atoms with van der Waals surface area (Å²) in [5, 5.41) is 12.3. The van der Waals surface area contributed by atoms with Crippen LogP contribution in [0.2, 0.25) is 0 Å². The van der Waals surface area contributed by atoms with E-state index in [1.54, 1.807) is 11.3 Å². The molecule has 1 unspecified atom stereocenters. The van der Waals surface area contributed by atoms with Crippen LogP contribution in [-0.2, 0) is 6.54 Å². The summed E-state index contributed by atoms with van der Waals surface area (Å²) < 4.78 is 1.18. The van der Waals surface area contributed by atoms with Gasteiger partial charge in [-0.3, -0.25) is 5.10 Å². The summed E-state index contributed by atoms with van der Waals surface area (Å²) >= 11 is 5.27. The van der Waals surface area contributed by atoms with Crippen LogP contribution in [0.1, 0.15) is 23.4 Å². The number of H-pyrrole nitrogens is 1. The average molecular weight is 286 g/mol. The number of nitrogens with zero attached hydrogens (tertiary/aromatic N) is 1. The molecule has 0 bridgehead atoms. The monoisotopic (exact) mass is 285 g/mol. The predicted octanol–water partition coefficient (Wildman–Crippen LogP) is 3.08. The van der Waals surface area contributed by atoms with E-state index in [-0.39, 0.29) is 0 Å². The summed E-state index contributed by atoms with van der Waals surface area (Å²) in [5.41, 5.74) is 1.18. The molecule has 0 fully saturated rings. The number of nitrogens with one attached hydrogen (secondary N) is 2. The van der Waals surface area contributed by atoms with Crippen molar-refractivity contribution in [1.82, 2.24) is 15.5 Å². The number of halogens is 1. The first-order valence-electron chi connectivity index (χ1n) is 4.71. The van der Waals surface area contributed by atoms with Gasteiger partial charge in [0, 0.05) is 33.7 Å². The second-order valence-corrected chi connectivity index (χ2v) is 5.18. The minimum Gasteiger partial charge on any atom is -0.305 e. The molecule has 0 saturated heterocycles. The lowest BCUT2D eigenvalue weighted by atomic mass is 10.2. The van der Waals surface area contributed by atoms with E-state index in [0.29, 0.717) is 6.04 Å². The number of rotatable bonds is 4. The van der Waals surface area contributed by atoms with Gasteiger partial charge in [0.1, 0.15) is 0 Å². The van der Waals surface area contributed by atoms with Crippen LogP contribution in [0, 0.1) is 0 Å². The molecule has 0 aliphatic heterocycles. The molecule has 1 atom stereocenters. The zero-order chi connectivity index (χ0) is 10.7. The Morgan fingerprint density at radius 3 is 3.13 bits per heavy atom. The lowest BCUT2D eigenvalue weighted by molar-refractivity contribution is 0.578. The highest BCUT2D eigenvalue weighted by molar-refractivity contribution is 9.10. The molecule has 2 N–H and O–H groups in total. The Labute approximate surface area is 101 Å². The molecule has 0 radical (unpaired) electrons. The standard InChI is InChI=1S/C10H12BrN3S/c1-7(8-4-13-14-5-8)12-6-10-9(11)2-3-15-10/h2-5,7,12H,6H2,1H3,(H,13,14). The second kappa shape index (κ2) is 4.92. The van der Waals surface area contributed by atoms with Gasteiger partial charge >= 0.3 is 0 Å². The molecule has 0 aromatic carbocycles. The summed E-state index contributed by atoms with van der Waals surface area (Å²) in [6.07, 6.45) is 3.77. The minimum atomic E-state index is 0.317. The van der Waals surface area contributed by atoms with E-state index in [1.807, 2.05) is 12.4 Å². The van der Waals surface area contributed by atoms with Crippen LogP contribution >= 0.6 is 27.3 Å². The molecule has 2 rings (SSSR count). The van der Waals surface area contributed by atoms with E-state index in [1.165, 1.54) is 14.9 Å². The number of hydrogen-bond acceptors (Lipinski definition) is 3. The molecule has 0 saturated carbocycles. The lowest BCUT2D eigenvalue weighted by Gasteiger charge is -2.10. The summed E-state index contributed by atoms with van der Waals surface area (Å²) in [7, 11) is 0. The fourth-order valence-electron chi connectivity index (χ4n) is 1.31. The fraction of sp³-hybridized carbons (Fsp3) is 0.300. The van der Waals surface area contributed by atoms with E-state index < -0.39 is 0 Å². The summed E-state index contributed by atoms with van der Waals surface area (Å²) in [6.45, 7) is 3.01. The molecule has 0 aliphatic rings. The Bertz CT molecular complexity index is 410. The molecular weight excluding hydrogens is 274 g/mol. The van der Waals surface area contributed by atoms with Crippen LogP contribution < -0.4 is 5.32 Å². The Balaban J connectivity index is 1.91. The Morgan fingerprint density at radius 1 is 1.67 bits per heavy atom. The first-order chi connectivity index (χ1) is 7.27. The smallest absolute Gasteiger partial charge is 0.0534 e. The van der Waals surface area contributed by atoms with Crippen LogP contribution in [-0.4, -0.2) is 10.2 Å². The number of aromatic amines is 1. The topological polar surface area (TPSA) is 40.7 Å². The van der Waals surface area contributed by atoms with Crippen molar-refractivity contribution >= 4 is 27.3 Å². The van der Waals surface area contributed by atoms with Gasteiger partial charge in [0.2, 0.25) is 0 Å². The van der Waals surface area contributed by atoms with Crippen LogP contribution in [0.25, 0.3) is 0 Å².